The highest BCUT2D eigenvalue weighted by atomic mass is 32.2. The average molecular weight is 253 g/mol. The van der Waals surface area contributed by atoms with Crippen LogP contribution in [0.3, 0.4) is 0 Å². The average Bonchev–Trinajstić information content (AvgIpc) is 2.79. The minimum atomic E-state index is -0.791. The third-order valence-electron chi connectivity index (χ3n) is 2.55. The van der Waals surface area contributed by atoms with Crippen molar-refractivity contribution in [3.05, 3.63) is 29.8 Å². The number of carboxylic acid groups (broad SMARTS) is 1. The van der Waals surface area contributed by atoms with Crippen LogP contribution in [0, 0.1) is 0 Å². The molecule has 1 aromatic rings. The van der Waals surface area contributed by atoms with Gasteiger partial charge in [0.15, 0.2) is 0 Å². The van der Waals surface area contributed by atoms with Gasteiger partial charge in [-0.25, -0.2) is 0 Å². The van der Waals surface area contributed by atoms with E-state index >= 15 is 0 Å². The smallest absolute Gasteiger partial charge is 0.321 e. The molecule has 2 rings (SSSR count). The maximum Gasteiger partial charge on any atom is 0.321 e. The van der Waals surface area contributed by atoms with E-state index in [4.69, 9.17) is 9.84 Å². The summed E-state index contributed by atoms with van der Waals surface area (Å²) < 4.78 is 5.43. The van der Waals surface area contributed by atoms with E-state index in [0.717, 1.165) is 11.3 Å². The second kappa shape index (κ2) is 5.42. The zero-order chi connectivity index (χ0) is 12.3. The summed E-state index contributed by atoms with van der Waals surface area (Å²) in [6.07, 6.45) is 0. The molecule has 1 unspecified atom stereocenters. The van der Waals surface area contributed by atoms with Crippen LogP contribution in [-0.2, 0) is 4.79 Å². The molecule has 1 aromatic carbocycles. The maximum absolute atomic E-state index is 10.8. The van der Waals surface area contributed by atoms with E-state index in [1.54, 1.807) is 11.8 Å². The molecule has 4 nitrogen and oxygen atoms in total. The first-order chi connectivity index (χ1) is 8.20. The number of benzene rings is 1. The lowest BCUT2D eigenvalue weighted by Gasteiger charge is -2.12. The molecule has 92 valence electrons. The molecule has 1 aliphatic heterocycles. The number of nitrogens with one attached hydrogen (secondary N) is 1. The Balaban J connectivity index is 2.08. The summed E-state index contributed by atoms with van der Waals surface area (Å²) in [5, 5.41) is 12.0. The third-order valence-corrected chi connectivity index (χ3v) is 3.82. The maximum atomic E-state index is 10.8. The van der Waals surface area contributed by atoms with Gasteiger partial charge in [-0.05, 0) is 24.6 Å². The molecule has 0 amide bonds. The van der Waals surface area contributed by atoms with Crippen molar-refractivity contribution in [1.29, 1.82) is 0 Å². The van der Waals surface area contributed by atoms with Crippen LogP contribution in [0.2, 0.25) is 0 Å². The van der Waals surface area contributed by atoms with Crippen molar-refractivity contribution in [2.24, 2.45) is 0 Å². The molecule has 0 spiro atoms. The lowest BCUT2D eigenvalue weighted by atomic mass is 10.2. The van der Waals surface area contributed by atoms with E-state index < -0.39 is 12.0 Å². The molecule has 0 radical (unpaired) electrons. The van der Waals surface area contributed by atoms with Gasteiger partial charge in [-0.2, -0.15) is 0 Å². The molecule has 17 heavy (non-hydrogen) atoms. The molecule has 0 bridgehead atoms. The number of thioether (sulfide) groups is 1. The van der Waals surface area contributed by atoms with Crippen LogP contribution in [0.4, 0.5) is 0 Å². The summed E-state index contributed by atoms with van der Waals surface area (Å²) in [6.45, 7) is 2.57. The summed E-state index contributed by atoms with van der Waals surface area (Å²) >= 11 is 1.61. The molecule has 0 aromatic heterocycles. The second-order valence-corrected chi connectivity index (χ2v) is 4.91. The number of aliphatic carboxylic acids is 1. The first kappa shape index (κ1) is 12.3. The normalized spacial score (nSPS) is 23.6. The fourth-order valence-electron chi connectivity index (χ4n) is 1.74. The Kier molecular flexibility index (Phi) is 3.91. The van der Waals surface area contributed by atoms with Gasteiger partial charge in [-0.15, -0.1) is 11.8 Å². The molecule has 0 saturated carbocycles. The van der Waals surface area contributed by atoms with Gasteiger partial charge >= 0.3 is 5.97 Å². The molecule has 1 heterocycles. The SMILES string of the molecule is CCOc1cccc(C2N[C@H](C(=O)O)CS2)c1. The molecule has 1 saturated heterocycles. The molecular formula is C12H15NO3S. The Morgan fingerprint density at radius 2 is 2.47 bits per heavy atom. The Hall–Kier alpha value is -1.20. The standard InChI is InChI=1S/C12H15NO3S/c1-2-16-9-5-3-4-8(6-9)11-13-10(7-17-11)12(14)15/h3-6,10-11,13H,2,7H2,1H3,(H,14,15)/t10-,11?/m0/s1. The van der Waals surface area contributed by atoms with Crippen molar-refractivity contribution >= 4 is 17.7 Å². The summed E-state index contributed by atoms with van der Waals surface area (Å²) in [6, 6.07) is 7.31. The summed E-state index contributed by atoms with van der Waals surface area (Å²) in [5.74, 6) is 0.630. The zero-order valence-corrected chi connectivity index (χ0v) is 10.4. The minimum Gasteiger partial charge on any atom is -0.494 e. The molecule has 1 fully saturated rings. The van der Waals surface area contributed by atoms with E-state index in [2.05, 4.69) is 5.32 Å². The van der Waals surface area contributed by atoms with E-state index in [-0.39, 0.29) is 5.37 Å². The fraction of sp³-hybridized carbons (Fsp3) is 0.417. The van der Waals surface area contributed by atoms with E-state index in [0.29, 0.717) is 12.4 Å². The highest BCUT2D eigenvalue weighted by molar-refractivity contribution is 7.99. The van der Waals surface area contributed by atoms with Crippen LogP contribution in [0.1, 0.15) is 17.9 Å². The summed E-state index contributed by atoms with van der Waals surface area (Å²) in [7, 11) is 0. The van der Waals surface area contributed by atoms with Crippen molar-refractivity contribution in [1.82, 2.24) is 5.32 Å². The molecule has 1 aliphatic rings. The van der Waals surface area contributed by atoms with E-state index in [9.17, 15) is 4.79 Å². The Bertz CT molecular complexity index is 410. The molecule has 5 heteroatoms. The predicted octanol–water partition coefficient (Wildman–Crippen LogP) is 1.87. The van der Waals surface area contributed by atoms with Gasteiger partial charge in [0.2, 0.25) is 0 Å². The Morgan fingerprint density at radius 1 is 1.65 bits per heavy atom. The van der Waals surface area contributed by atoms with Gasteiger partial charge in [0.1, 0.15) is 11.8 Å². The topological polar surface area (TPSA) is 58.6 Å². The molecule has 2 atom stereocenters. The number of carbonyl (C=O) groups is 1. The number of rotatable bonds is 4. The van der Waals surface area contributed by atoms with Crippen molar-refractivity contribution in [2.75, 3.05) is 12.4 Å². The highest BCUT2D eigenvalue weighted by Crippen LogP contribution is 2.34. The number of ether oxygens (including phenoxy) is 1. The van der Waals surface area contributed by atoms with Crippen LogP contribution in [-0.4, -0.2) is 29.5 Å². The van der Waals surface area contributed by atoms with Gasteiger partial charge in [-0.1, -0.05) is 12.1 Å². The Morgan fingerprint density at radius 3 is 3.12 bits per heavy atom. The highest BCUT2D eigenvalue weighted by Gasteiger charge is 2.30. The molecular weight excluding hydrogens is 238 g/mol. The van der Waals surface area contributed by atoms with Crippen LogP contribution in [0.25, 0.3) is 0 Å². The summed E-state index contributed by atoms with van der Waals surface area (Å²) in [5.41, 5.74) is 1.06. The lowest BCUT2D eigenvalue weighted by Crippen LogP contribution is -2.33. The largest absolute Gasteiger partial charge is 0.494 e. The monoisotopic (exact) mass is 253 g/mol. The van der Waals surface area contributed by atoms with Gasteiger partial charge < -0.3 is 9.84 Å². The fourth-order valence-corrected chi connectivity index (χ4v) is 2.96. The van der Waals surface area contributed by atoms with Crippen LogP contribution in [0.15, 0.2) is 24.3 Å². The quantitative estimate of drug-likeness (QED) is 0.858. The third kappa shape index (κ3) is 2.92. The predicted molar refractivity (Wildman–Crippen MR) is 67.4 cm³/mol. The van der Waals surface area contributed by atoms with Gasteiger partial charge in [0, 0.05) is 5.75 Å². The lowest BCUT2D eigenvalue weighted by molar-refractivity contribution is -0.138. The van der Waals surface area contributed by atoms with Gasteiger partial charge in [0.25, 0.3) is 0 Å². The van der Waals surface area contributed by atoms with E-state index in [1.807, 2.05) is 31.2 Å². The van der Waals surface area contributed by atoms with Crippen molar-refractivity contribution < 1.29 is 14.6 Å². The Labute approximate surface area is 104 Å². The first-order valence-corrected chi connectivity index (χ1v) is 6.59. The first-order valence-electron chi connectivity index (χ1n) is 5.54. The number of hydrogen-bond donors (Lipinski definition) is 2. The van der Waals surface area contributed by atoms with E-state index in [1.165, 1.54) is 0 Å². The van der Waals surface area contributed by atoms with Crippen LogP contribution >= 0.6 is 11.8 Å². The zero-order valence-electron chi connectivity index (χ0n) is 9.55. The van der Waals surface area contributed by atoms with Crippen molar-refractivity contribution in [2.45, 2.75) is 18.3 Å². The number of carboxylic acids is 1. The second-order valence-electron chi connectivity index (χ2n) is 3.78. The van der Waals surface area contributed by atoms with Gasteiger partial charge in [0.05, 0.1) is 12.0 Å². The van der Waals surface area contributed by atoms with Crippen molar-refractivity contribution in [3.63, 3.8) is 0 Å². The summed E-state index contributed by atoms with van der Waals surface area (Å²) in [4.78, 5) is 10.8. The molecule has 2 N–H and O–H groups in total. The molecule has 0 aliphatic carbocycles. The van der Waals surface area contributed by atoms with Gasteiger partial charge in [-0.3, -0.25) is 10.1 Å². The van der Waals surface area contributed by atoms with Crippen molar-refractivity contribution in [3.8, 4) is 5.75 Å². The van der Waals surface area contributed by atoms with Crippen LogP contribution in [0.5, 0.6) is 5.75 Å². The minimum absolute atomic E-state index is 0.0384. The number of hydrogen-bond acceptors (Lipinski definition) is 4. The van der Waals surface area contributed by atoms with Crippen LogP contribution < -0.4 is 10.1 Å².